The van der Waals surface area contributed by atoms with Crippen LogP contribution in [0.15, 0.2) is 0 Å². The van der Waals surface area contributed by atoms with Gasteiger partial charge in [-0.3, -0.25) is 9.69 Å². The molecule has 190 valence electrons. The van der Waals surface area contributed by atoms with Crippen LogP contribution in [-0.4, -0.2) is 102 Å². The van der Waals surface area contributed by atoms with Crippen molar-refractivity contribution in [3.8, 4) is 6.07 Å². The lowest BCUT2D eigenvalue weighted by molar-refractivity contribution is -0.200. The minimum Gasteiger partial charge on any atom is -0.465 e. The normalized spacial score (nSPS) is 33.8. The molecule has 1 saturated heterocycles. The number of nitriles is 1. The summed E-state index contributed by atoms with van der Waals surface area (Å²) in [6.07, 6.45) is 5.45. The Bertz CT molecular complexity index is 771. The fourth-order valence-electron chi connectivity index (χ4n) is 7.18. The average Bonchev–Trinajstić information content (AvgIpc) is 3.27. The molecule has 0 radical (unpaired) electrons. The average molecular weight is 480 g/mol. The van der Waals surface area contributed by atoms with Crippen molar-refractivity contribution in [2.24, 2.45) is 11.8 Å². The molecule has 4 saturated carbocycles. The van der Waals surface area contributed by atoms with Crippen LogP contribution >= 0.6 is 0 Å². The zero-order valence-corrected chi connectivity index (χ0v) is 19.8. The molecule has 4 bridgehead atoms. The van der Waals surface area contributed by atoms with Crippen molar-refractivity contribution in [2.45, 2.75) is 68.5 Å². The lowest BCUT2D eigenvalue weighted by Crippen LogP contribution is -2.68. The van der Waals surface area contributed by atoms with E-state index >= 15 is 0 Å². The van der Waals surface area contributed by atoms with E-state index in [1.165, 1.54) is 4.90 Å². The second-order valence-corrected chi connectivity index (χ2v) is 10.4. The predicted molar refractivity (Wildman–Crippen MR) is 120 cm³/mol. The van der Waals surface area contributed by atoms with Gasteiger partial charge in [-0.2, -0.15) is 5.26 Å². The van der Waals surface area contributed by atoms with Gasteiger partial charge < -0.3 is 29.3 Å². The first-order valence-electron chi connectivity index (χ1n) is 12.5. The maximum absolute atomic E-state index is 13.0. The van der Waals surface area contributed by atoms with E-state index in [0.29, 0.717) is 64.3 Å². The van der Waals surface area contributed by atoms with Gasteiger partial charge in [0.05, 0.1) is 56.9 Å². The number of carboxylic acid groups (broad SMARTS) is 1. The fraction of sp³-hybridized carbons (Fsp3) is 0.875. The number of amides is 2. The molecule has 0 aromatic heterocycles. The maximum Gasteiger partial charge on any atom is 0.408 e. The van der Waals surface area contributed by atoms with Gasteiger partial charge in [0, 0.05) is 6.54 Å². The number of carbonyl (C=O) groups is 2. The van der Waals surface area contributed by atoms with Crippen LogP contribution < -0.4 is 0 Å². The second-order valence-electron chi connectivity index (χ2n) is 10.4. The minimum atomic E-state index is -1.07. The summed E-state index contributed by atoms with van der Waals surface area (Å²) < 4.78 is 17.2. The monoisotopic (exact) mass is 479 g/mol. The molecule has 2 amide bonds. The maximum atomic E-state index is 13.0. The van der Waals surface area contributed by atoms with Gasteiger partial charge in [-0.05, 0) is 63.2 Å². The lowest BCUT2D eigenvalue weighted by atomic mass is 9.50. The van der Waals surface area contributed by atoms with E-state index in [9.17, 15) is 20.0 Å². The SMILES string of the molecule is N#CC1CCCN1C(=O)CN(C(=O)O)C12CC3C[C@H](CC(OCCOCCOCCO)(C3)C1)C2. The Kier molecular flexibility index (Phi) is 7.97. The summed E-state index contributed by atoms with van der Waals surface area (Å²) in [7, 11) is 0. The third kappa shape index (κ3) is 5.33. The predicted octanol–water partition coefficient (Wildman–Crippen LogP) is 1.61. The number of hydrogen-bond donors (Lipinski definition) is 2. The van der Waals surface area contributed by atoms with Crippen molar-refractivity contribution in [2.75, 3.05) is 52.7 Å². The Labute approximate surface area is 200 Å². The minimum absolute atomic E-state index is 0.00832. The Morgan fingerprint density at radius 2 is 1.74 bits per heavy atom. The molecule has 4 unspecified atom stereocenters. The van der Waals surface area contributed by atoms with Crippen LogP contribution in [0.3, 0.4) is 0 Å². The van der Waals surface area contributed by atoms with Crippen LogP contribution in [0.1, 0.15) is 51.4 Å². The summed E-state index contributed by atoms with van der Waals surface area (Å²) in [6.45, 7) is 2.32. The van der Waals surface area contributed by atoms with E-state index in [2.05, 4.69) is 6.07 Å². The largest absolute Gasteiger partial charge is 0.465 e. The van der Waals surface area contributed by atoms with Crippen LogP contribution in [0.2, 0.25) is 0 Å². The molecule has 0 aromatic rings. The molecule has 5 rings (SSSR count). The van der Waals surface area contributed by atoms with Crippen LogP contribution in [-0.2, 0) is 19.0 Å². The highest BCUT2D eigenvalue weighted by Gasteiger charge is 2.61. The van der Waals surface area contributed by atoms with Crippen molar-refractivity contribution in [3.05, 3.63) is 0 Å². The van der Waals surface area contributed by atoms with Gasteiger partial charge in [-0.15, -0.1) is 0 Å². The van der Waals surface area contributed by atoms with Gasteiger partial charge in [0.2, 0.25) is 5.91 Å². The van der Waals surface area contributed by atoms with Gasteiger partial charge in [0.15, 0.2) is 0 Å². The Morgan fingerprint density at radius 3 is 2.38 bits per heavy atom. The lowest BCUT2D eigenvalue weighted by Gasteiger charge is -2.63. The van der Waals surface area contributed by atoms with E-state index in [-0.39, 0.29) is 24.7 Å². The van der Waals surface area contributed by atoms with E-state index in [1.807, 2.05) is 0 Å². The Hall–Kier alpha value is -1.93. The number of carbonyl (C=O) groups excluding carboxylic acids is 1. The van der Waals surface area contributed by atoms with Gasteiger partial charge in [0.1, 0.15) is 12.6 Å². The van der Waals surface area contributed by atoms with E-state index < -0.39 is 17.7 Å². The highest BCUT2D eigenvalue weighted by atomic mass is 16.6. The highest BCUT2D eigenvalue weighted by molar-refractivity contribution is 5.83. The molecule has 4 aliphatic carbocycles. The zero-order chi connectivity index (χ0) is 24.2. The number of rotatable bonds is 12. The molecule has 0 spiro atoms. The molecule has 34 heavy (non-hydrogen) atoms. The summed E-state index contributed by atoms with van der Waals surface area (Å²) in [5.74, 6) is 0.517. The van der Waals surface area contributed by atoms with Crippen molar-refractivity contribution in [1.82, 2.24) is 9.80 Å². The molecule has 10 heteroatoms. The third-order valence-electron chi connectivity index (χ3n) is 8.04. The number of nitrogens with zero attached hydrogens (tertiary/aromatic N) is 3. The first kappa shape index (κ1) is 25.2. The molecular formula is C24H37N3O7. The first-order chi connectivity index (χ1) is 16.4. The standard InChI is InChI=1S/C24H37N3O7/c25-15-20-2-1-3-26(20)21(29)16-27(22(30)31)23-11-18-10-19(12-23)14-24(13-18,17-23)34-9-8-33-7-6-32-5-4-28/h18-20,28H,1-14,16-17H2,(H,30,31)/t18-,19?,20?,23?,24?/m0/s1. The molecule has 5 atom stereocenters. The molecule has 5 aliphatic rings. The van der Waals surface area contributed by atoms with Crippen molar-refractivity contribution in [1.29, 1.82) is 5.26 Å². The van der Waals surface area contributed by atoms with Gasteiger partial charge in [-0.1, -0.05) is 0 Å². The van der Waals surface area contributed by atoms with Crippen molar-refractivity contribution < 1.29 is 34.0 Å². The molecule has 5 fully saturated rings. The number of aliphatic hydroxyl groups excluding tert-OH is 1. The van der Waals surface area contributed by atoms with E-state index in [1.54, 1.807) is 4.90 Å². The summed E-state index contributed by atoms with van der Waals surface area (Å²) in [6, 6.07) is 1.72. The Balaban J connectivity index is 1.38. The summed E-state index contributed by atoms with van der Waals surface area (Å²) in [5.41, 5.74) is -0.965. The van der Waals surface area contributed by atoms with Crippen LogP contribution in [0.25, 0.3) is 0 Å². The zero-order valence-electron chi connectivity index (χ0n) is 19.8. The van der Waals surface area contributed by atoms with Gasteiger partial charge >= 0.3 is 6.09 Å². The van der Waals surface area contributed by atoms with E-state index in [4.69, 9.17) is 19.3 Å². The molecule has 10 nitrogen and oxygen atoms in total. The summed E-state index contributed by atoms with van der Waals surface area (Å²) in [5, 5.41) is 28.2. The first-order valence-corrected chi connectivity index (χ1v) is 12.5. The summed E-state index contributed by atoms with van der Waals surface area (Å²) in [4.78, 5) is 28.4. The van der Waals surface area contributed by atoms with E-state index in [0.717, 1.165) is 38.5 Å². The van der Waals surface area contributed by atoms with Crippen molar-refractivity contribution >= 4 is 12.0 Å². The van der Waals surface area contributed by atoms with Crippen LogP contribution in [0.5, 0.6) is 0 Å². The third-order valence-corrected chi connectivity index (χ3v) is 8.04. The number of aliphatic hydroxyl groups is 1. The molecular weight excluding hydrogens is 442 g/mol. The van der Waals surface area contributed by atoms with Gasteiger partial charge in [0.25, 0.3) is 0 Å². The Morgan fingerprint density at radius 1 is 1.06 bits per heavy atom. The molecule has 0 aromatic carbocycles. The van der Waals surface area contributed by atoms with Crippen molar-refractivity contribution in [3.63, 3.8) is 0 Å². The topological polar surface area (TPSA) is 133 Å². The number of ether oxygens (including phenoxy) is 3. The second kappa shape index (κ2) is 10.8. The quantitative estimate of drug-likeness (QED) is 0.404. The number of hydrogen-bond acceptors (Lipinski definition) is 7. The fourth-order valence-corrected chi connectivity index (χ4v) is 7.18. The molecule has 1 aliphatic heterocycles. The molecule has 2 N–H and O–H groups in total. The number of likely N-dealkylation sites (tertiary alicyclic amines) is 1. The van der Waals surface area contributed by atoms with Crippen LogP contribution in [0, 0.1) is 23.2 Å². The summed E-state index contributed by atoms with van der Waals surface area (Å²) >= 11 is 0. The van der Waals surface area contributed by atoms with Gasteiger partial charge in [-0.25, -0.2) is 4.79 Å². The molecule has 1 heterocycles. The smallest absolute Gasteiger partial charge is 0.408 e. The highest BCUT2D eigenvalue weighted by Crippen LogP contribution is 2.60. The van der Waals surface area contributed by atoms with Crippen LogP contribution in [0.4, 0.5) is 4.79 Å².